The molecule has 0 fully saturated rings. The normalized spacial score (nSPS) is 13.8. The lowest BCUT2D eigenvalue weighted by Crippen LogP contribution is -2.19. The van der Waals surface area contributed by atoms with Crippen molar-refractivity contribution in [3.63, 3.8) is 0 Å². The Hall–Kier alpha value is -2.43. The molecule has 0 aliphatic rings. The fraction of sp³-hybridized carbons (Fsp3) is 0.167. The minimum absolute atomic E-state index is 0.457. The van der Waals surface area contributed by atoms with Gasteiger partial charge in [-0.2, -0.15) is 5.10 Å². The SMILES string of the molecule is Cc1n[nH]cc1-c1ccc(C(N)C(O)c2ccccc2)cc1. The molecule has 1 heterocycles. The summed E-state index contributed by atoms with van der Waals surface area (Å²) in [5.41, 5.74) is 11.0. The van der Waals surface area contributed by atoms with Crippen molar-refractivity contribution in [3.8, 4) is 11.1 Å². The van der Waals surface area contributed by atoms with Crippen molar-refractivity contribution in [1.29, 1.82) is 0 Å². The maximum Gasteiger partial charge on any atom is 0.0982 e. The summed E-state index contributed by atoms with van der Waals surface area (Å²) < 4.78 is 0. The number of aromatic nitrogens is 2. The standard InChI is InChI=1S/C18H19N3O/c1-12-16(11-20-21-12)13-7-9-14(10-8-13)17(19)18(22)15-5-3-2-4-6-15/h2-11,17-18,22H,19H2,1H3,(H,20,21). The molecule has 0 amide bonds. The van der Waals surface area contributed by atoms with Gasteiger partial charge in [0.15, 0.2) is 0 Å². The van der Waals surface area contributed by atoms with Gasteiger partial charge in [-0.3, -0.25) is 5.10 Å². The number of hydrogen-bond donors (Lipinski definition) is 3. The van der Waals surface area contributed by atoms with Gasteiger partial charge in [0.25, 0.3) is 0 Å². The lowest BCUT2D eigenvalue weighted by Gasteiger charge is -2.20. The van der Waals surface area contributed by atoms with E-state index in [1.807, 2.05) is 67.7 Å². The van der Waals surface area contributed by atoms with E-state index in [1.54, 1.807) is 0 Å². The van der Waals surface area contributed by atoms with Gasteiger partial charge in [0.1, 0.15) is 0 Å². The van der Waals surface area contributed by atoms with Crippen molar-refractivity contribution in [1.82, 2.24) is 10.2 Å². The van der Waals surface area contributed by atoms with Crippen molar-refractivity contribution in [2.24, 2.45) is 5.73 Å². The number of aromatic amines is 1. The van der Waals surface area contributed by atoms with Crippen molar-refractivity contribution < 1.29 is 5.11 Å². The van der Waals surface area contributed by atoms with Crippen LogP contribution in [-0.4, -0.2) is 15.3 Å². The van der Waals surface area contributed by atoms with Gasteiger partial charge in [-0.1, -0.05) is 54.6 Å². The Bertz CT molecular complexity index is 735. The van der Waals surface area contributed by atoms with Crippen LogP contribution in [0.25, 0.3) is 11.1 Å². The smallest absolute Gasteiger partial charge is 0.0982 e. The van der Waals surface area contributed by atoms with Crippen LogP contribution in [-0.2, 0) is 0 Å². The highest BCUT2D eigenvalue weighted by molar-refractivity contribution is 5.65. The van der Waals surface area contributed by atoms with Crippen LogP contribution in [0.1, 0.15) is 29.0 Å². The number of benzene rings is 2. The molecule has 4 N–H and O–H groups in total. The number of H-pyrrole nitrogens is 1. The van der Waals surface area contributed by atoms with E-state index >= 15 is 0 Å². The van der Waals surface area contributed by atoms with Crippen molar-refractivity contribution >= 4 is 0 Å². The Morgan fingerprint density at radius 1 is 1.00 bits per heavy atom. The predicted molar refractivity (Wildman–Crippen MR) is 87.1 cm³/mol. The van der Waals surface area contributed by atoms with Gasteiger partial charge in [-0.15, -0.1) is 0 Å². The van der Waals surface area contributed by atoms with Crippen molar-refractivity contribution in [2.45, 2.75) is 19.1 Å². The predicted octanol–water partition coefficient (Wildman–Crippen LogP) is 3.12. The minimum atomic E-state index is -0.720. The van der Waals surface area contributed by atoms with Crippen molar-refractivity contribution in [3.05, 3.63) is 77.6 Å². The second-order valence-electron chi connectivity index (χ2n) is 5.39. The van der Waals surface area contributed by atoms with Crippen LogP contribution >= 0.6 is 0 Å². The number of aryl methyl sites for hydroxylation is 1. The van der Waals surface area contributed by atoms with Gasteiger partial charge in [-0.05, 0) is 23.6 Å². The molecule has 1 aromatic heterocycles. The molecule has 22 heavy (non-hydrogen) atoms. The van der Waals surface area contributed by atoms with E-state index in [-0.39, 0.29) is 0 Å². The monoisotopic (exact) mass is 293 g/mol. The summed E-state index contributed by atoms with van der Waals surface area (Å²) in [6.45, 7) is 1.96. The molecule has 0 spiro atoms. The molecule has 0 aliphatic carbocycles. The van der Waals surface area contributed by atoms with Crippen molar-refractivity contribution in [2.75, 3.05) is 0 Å². The largest absolute Gasteiger partial charge is 0.386 e. The highest BCUT2D eigenvalue weighted by Crippen LogP contribution is 2.28. The van der Waals surface area contributed by atoms with Crippen LogP contribution in [0.4, 0.5) is 0 Å². The summed E-state index contributed by atoms with van der Waals surface area (Å²) in [6, 6.07) is 17.0. The number of nitrogens with one attached hydrogen (secondary N) is 1. The molecule has 2 atom stereocenters. The van der Waals surface area contributed by atoms with Crippen LogP contribution in [0.2, 0.25) is 0 Å². The van der Waals surface area contributed by atoms with Gasteiger partial charge >= 0.3 is 0 Å². The van der Waals surface area contributed by atoms with E-state index in [1.165, 1.54) is 0 Å². The summed E-state index contributed by atoms with van der Waals surface area (Å²) in [5, 5.41) is 17.4. The van der Waals surface area contributed by atoms with Gasteiger partial charge in [-0.25, -0.2) is 0 Å². The molecule has 112 valence electrons. The third-order valence-electron chi connectivity index (χ3n) is 3.92. The summed E-state index contributed by atoms with van der Waals surface area (Å²) >= 11 is 0. The Balaban J connectivity index is 1.82. The number of nitrogens with two attached hydrogens (primary N) is 1. The van der Waals surface area contributed by atoms with Gasteiger partial charge in [0.05, 0.1) is 17.8 Å². The molecule has 4 heteroatoms. The van der Waals surface area contributed by atoms with Gasteiger partial charge in [0, 0.05) is 11.8 Å². The molecular weight excluding hydrogens is 274 g/mol. The first-order valence-corrected chi connectivity index (χ1v) is 7.26. The van der Waals surface area contributed by atoms with Gasteiger partial charge < -0.3 is 10.8 Å². The third kappa shape index (κ3) is 2.79. The maximum absolute atomic E-state index is 10.4. The van der Waals surface area contributed by atoms with Crippen LogP contribution in [0.5, 0.6) is 0 Å². The lowest BCUT2D eigenvalue weighted by atomic mass is 9.95. The molecular formula is C18H19N3O. The van der Waals surface area contributed by atoms with E-state index in [9.17, 15) is 5.11 Å². The zero-order valence-corrected chi connectivity index (χ0v) is 12.4. The average Bonchev–Trinajstić information content (AvgIpc) is 3.00. The first-order valence-electron chi connectivity index (χ1n) is 7.26. The van der Waals surface area contributed by atoms with E-state index in [0.717, 1.165) is 27.9 Å². The quantitative estimate of drug-likeness (QED) is 0.692. The van der Waals surface area contributed by atoms with Crippen LogP contribution in [0.15, 0.2) is 60.8 Å². The van der Waals surface area contributed by atoms with Gasteiger partial charge in [0.2, 0.25) is 0 Å². The molecule has 0 bridgehead atoms. The summed E-state index contributed by atoms with van der Waals surface area (Å²) in [4.78, 5) is 0. The zero-order valence-electron chi connectivity index (χ0n) is 12.4. The van der Waals surface area contributed by atoms with Crippen LogP contribution < -0.4 is 5.73 Å². The number of rotatable bonds is 4. The first kappa shape index (κ1) is 14.5. The maximum atomic E-state index is 10.4. The average molecular weight is 293 g/mol. The molecule has 0 saturated carbocycles. The molecule has 0 radical (unpaired) electrons. The first-order chi connectivity index (χ1) is 10.7. The second-order valence-corrected chi connectivity index (χ2v) is 5.39. The number of aliphatic hydroxyl groups excluding tert-OH is 1. The summed E-state index contributed by atoms with van der Waals surface area (Å²) in [6.07, 6.45) is 1.16. The van der Waals surface area contributed by atoms with E-state index in [0.29, 0.717) is 0 Å². The third-order valence-corrected chi connectivity index (χ3v) is 3.92. The number of nitrogens with zero attached hydrogens (tertiary/aromatic N) is 1. The summed E-state index contributed by atoms with van der Waals surface area (Å²) in [5.74, 6) is 0. The Morgan fingerprint density at radius 2 is 1.68 bits per heavy atom. The van der Waals surface area contributed by atoms with E-state index in [4.69, 9.17) is 5.73 Å². The second kappa shape index (κ2) is 6.13. The zero-order chi connectivity index (χ0) is 15.5. The molecule has 3 rings (SSSR count). The minimum Gasteiger partial charge on any atom is -0.386 e. The highest BCUT2D eigenvalue weighted by atomic mass is 16.3. The topological polar surface area (TPSA) is 74.9 Å². The molecule has 0 aliphatic heterocycles. The van der Waals surface area contributed by atoms with E-state index in [2.05, 4.69) is 10.2 Å². The lowest BCUT2D eigenvalue weighted by molar-refractivity contribution is 0.147. The van der Waals surface area contributed by atoms with Crippen LogP contribution in [0.3, 0.4) is 0 Å². The van der Waals surface area contributed by atoms with Crippen LogP contribution in [0, 0.1) is 6.92 Å². The Kier molecular flexibility index (Phi) is 4.04. The summed E-state index contributed by atoms with van der Waals surface area (Å²) in [7, 11) is 0. The fourth-order valence-corrected chi connectivity index (χ4v) is 2.58. The molecule has 2 aromatic carbocycles. The Labute approximate surface area is 129 Å². The Morgan fingerprint density at radius 3 is 2.27 bits per heavy atom. The molecule has 3 aromatic rings. The highest BCUT2D eigenvalue weighted by Gasteiger charge is 2.18. The number of aliphatic hydroxyl groups is 1. The fourth-order valence-electron chi connectivity index (χ4n) is 2.58. The molecule has 0 saturated heterocycles. The molecule has 4 nitrogen and oxygen atoms in total. The van der Waals surface area contributed by atoms with E-state index < -0.39 is 12.1 Å². The molecule has 2 unspecified atom stereocenters. The number of hydrogen-bond acceptors (Lipinski definition) is 3.